The Hall–Kier alpha value is -0.840. The Kier molecular flexibility index (Phi) is 3.09. The van der Waals surface area contributed by atoms with Crippen LogP contribution in [-0.4, -0.2) is 34.4 Å². The SMILES string of the molecule is CCn1nc(C)c(N)c1N1CCSCC1. The van der Waals surface area contributed by atoms with Crippen molar-refractivity contribution in [3.63, 3.8) is 0 Å². The summed E-state index contributed by atoms with van der Waals surface area (Å²) in [6.07, 6.45) is 0. The molecule has 0 spiro atoms. The number of hydrogen-bond acceptors (Lipinski definition) is 4. The van der Waals surface area contributed by atoms with Gasteiger partial charge in [0.05, 0.1) is 11.4 Å². The van der Waals surface area contributed by atoms with Crippen LogP contribution in [0, 0.1) is 6.92 Å². The monoisotopic (exact) mass is 226 g/mol. The zero-order valence-corrected chi connectivity index (χ0v) is 10.2. The van der Waals surface area contributed by atoms with E-state index in [0.717, 1.165) is 36.8 Å². The van der Waals surface area contributed by atoms with Crippen LogP contribution in [0.4, 0.5) is 11.5 Å². The van der Waals surface area contributed by atoms with Crippen LogP contribution in [0.5, 0.6) is 0 Å². The molecule has 0 bridgehead atoms. The Morgan fingerprint density at radius 2 is 2.07 bits per heavy atom. The number of nitrogens with zero attached hydrogens (tertiary/aromatic N) is 3. The van der Waals surface area contributed by atoms with Gasteiger partial charge in [0.15, 0.2) is 5.82 Å². The maximum Gasteiger partial charge on any atom is 0.150 e. The molecule has 0 unspecified atom stereocenters. The van der Waals surface area contributed by atoms with Crippen molar-refractivity contribution in [2.45, 2.75) is 20.4 Å². The summed E-state index contributed by atoms with van der Waals surface area (Å²) in [5, 5.41) is 4.45. The highest BCUT2D eigenvalue weighted by atomic mass is 32.2. The van der Waals surface area contributed by atoms with Crippen molar-refractivity contribution in [3.8, 4) is 0 Å². The summed E-state index contributed by atoms with van der Waals surface area (Å²) in [6, 6.07) is 0. The predicted octanol–water partition coefficient (Wildman–Crippen LogP) is 1.35. The molecule has 84 valence electrons. The number of nitrogen functional groups attached to an aromatic ring is 1. The molecule has 0 radical (unpaired) electrons. The highest BCUT2D eigenvalue weighted by molar-refractivity contribution is 7.99. The first kappa shape index (κ1) is 10.7. The van der Waals surface area contributed by atoms with Gasteiger partial charge in [-0.15, -0.1) is 0 Å². The van der Waals surface area contributed by atoms with E-state index in [1.54, 1.807) is 0 Å². The van der Waals surface area contributed by atoms with Gasteiger partial charge in [-0.1, -0.05) is 0 Å². The Morgan fingerprint density at radius 1 is 1.40 bits per heavy atom. The Bertz CT molecular complexity index is 341. The molecule has 1 aromatic rings. The Morgan fingerprint density at radius 3 is 2.67 bits per heavy atom. The maximum atomic E-state index is 6.08. The van der Waals surface area contributed by atoms with Crippen LogP contribution in [0.1, 0.15) is 12.6 Å². The van der Waals surface area contributed by atoms with E-state index in [0.29, 0.717) is 0 Å². The fourth-order valence-corrected chi connectivity index (χ4v) is 2.82. The molecule has 1 saturated heterocycles. The Labute approximate surface area is 94.8 Å². The van der Waals surface area contributed by atoms with Crippen molar-refractivity contribution in [3.05, 3.63) is 5.69 Å². The van der Waals surface area contributed by atoms with Gasteiger partial charge in [0.2, 0.25) is 0 Å². The van der Waals surface area contributed by atoms with E-state index < -0.39 is 0 Å². The van der Waals surface area contributed by atoms with E-state index in [1.807, 2.05) is 23.4 Å². The average Bonchev–Trinajstić information content (AvgIpc) is 2.56. The number of aromatic nitrogens is 2. The lowest BCUT2D eigenvalue weighted by atomic mass is 10.3. The average molecular weight is 226 g/mol. The van der Waals surface area contributed by atoms with Crippen molar-refractivity contribution in [1.29, 1.82) is 0 Å². The second-order valence-corrected chi connectivity index (χ2v) is 4.96. The molecule has 0 saturated carbocycles. The largest absolute Gasteiger partial charge is 0.394 e. The number of anilines is 2. The third-order valence-corrected chi connectivity index (χ3v) is 3.70. The van der Waals surface area contributed by atoms with Gasteiger partial charge in [-0.25, -0.2) is 4.68 Å². The smallest absolute Gasteiger partial charge is 0.150 e. The second-order valence-electron chi connectivity index (χ2n) is 3.74. The minimum absolute atomic E-state index is 0.851. The zero-order valence-electron chi connectivity index (χ0n) is 9.36. The summed E-state index contributed by atoms with van der Waals surface area (Å²) < 4.78 is 2.01. The highest BCUT2D eigenvalue weighted by Crippen LogP contribution is 2.28. The van der Waals surface area contributed by atoms with Crippen LogP contribution in [0.2, 0.25) is 0 Å². The topological polar surface area (TPSA) is 47.1 Å². The third-order valence-electron chi connectivity index (χ3n) is 2.76. The molecular formula is C10H18N4S. The number of hydrogen-bond donors (Lipinski definition) is 1. The van der Waals surface area contributed by atoms with Crippen LogP contribution in [0.3, 0.4) is 0 Å². The summed E-state index contributed by atoms with van der Waals surface area (Å²) in [4.78, 5) is 2.36. The van der Waals surface area contributed by atoms with Crippen LogP contribution in [0.25, 0.3) is 0 Å². The predicted molar refractivity (Wildman–Crippen MR) is 66.6 cm³/mol. The molecule has 15 heavy (non-hydrogen) atoms. The second kappa shape index (κ2) is 4.35. The minimum Gasteiger partial charge on any atom is -0.394 e. The summed E-state index contributed by atoms with van der Waals surface area (Å²) in [5.41, 5.74) is 7.88. The molecule has 1 aliphatic rings. The number of aryl methyl sites for hydroxylation is 2. The molecule has 5 heteroatoms. The molecule has 0 aromatic carbocycles. The summed E-state index contributed by atoms with van der Waals surface area (Å²) in [7, 11) is 0. The number of nitrogens with two attached hydrogens (primary N) is 1. The Balaban J connectivity index is 2.31. The van der Waals surface area contributed by atoms with E-state index in [4.69, 9.17) is 5.73 Å². The van der Waals surface area contributed by atoms with E-state index in [1.165, 1.54) is 11.5 Å². The van der Waals surface area contributed by atoms with Gasteiger partial charge in [-0.2, -0.15) is 16.9 Å². The lowest BCUT2D eigenvalue weighted by molar-refractivity contribution is 0.635. The van der Waals surface area contributed by atoms with Crippen molar-refractivity contribution in [1.82, 2.24) is 9.78 Å². The maximum absolute atomic E-state index is 6.08. The van der Waals surface area contributed by atoms with Gasteiger partial charge < -0.3 is 10.6 Å². The molecule has 4 nitrogen and oxygen atoms in total. The van der Waals surface area contributed by atoms with E-state index in [2.05, 4.69) is 16.9 Å². The van der Waals surface area contributed by atoms with Gasteiger partial charge in [0.25, 0.3) is 0 Å². The quantitative estimate of drug-likeness (QED) is 0.827. The molecule has 2 heterocycles. The van der Waals surface area contributed by atoms with Gasteiger partial charge in [-0.3, -0.25) is 0 Å². The van der Waals surface area contributed by atoms with E-state index >= 15 is 0 Å². The molecule has 1 aromatic heterocycles. The fourth-order valence-electron chi connectivity index (χ4n) is 1.91. The van der Waals surface area contributed by atoms with E-state index in [9.17, 15) is 0 Å². The van der Waals surface area contributed by atoms with E-state index in [-0.39, 0.29) is 0 Å². The molecule has 0 aliphatic carbocycles. The zero-order chi connectivity index (χ0) is 10.8. The highest BCUT2D eigenvalue weighted by Gasteiger charge is 2.19. The molecule has 0 atom stereocenters. The first-order chi connectivity index (χ1) is 7.24. The summed E-state index contributed by atoms with van der Waals surface area (Å²) in [5.74, 6) is 3.50. The van der Waals surface area contributed by atoms with Gasteiger partial charge in [0, 0.05) is 31.1 Å². The first-order valence-electron chi connectivity index (χ1n) is 5.39. The molecule has 2 rings (SSSR count). The van der Waals surface area contributed by atoms with Gasteiger partial charge >= 0.3 is 0 Å². The van der Waals surface area contributed by atoms with Crippen LogP contribution in [0.15, 0.2) is 0 Å². The lowest BCUT2D eigenvalue weighted by Crippen LogP contribution is -2.34. The normalized spacial score (nSPS) is 17.1. The minimum atomic E-state index is 0.851. The van der Waals surface area contributed by atoms with Crippen LogP contribution < -0.4 is 10.6 Å². The molecule has 1 aliphatic heterocycles. The third kappa shape index (κ3) is 1.93. The van der Waals surface area contributed by atoms with Crippen LogP contribution >= 0.6 is 11.8 Å². The number of rotatable bonds is 2. The first-order valence-corrected chi connectivity index (χ1v) is 6.55. The van der Waals surface area contributed by atoms with Crippen LogP contribution in [-0.2, 0) is 6.54 Å². The van der Waals surface area contributed by atoms with Gasteiger partial charge in [-0.05, 0) is 13.8 Å². The molecular weight excluding hydrogens is 208 g/mol. The molecule has 1 fully saturated rings. The standard InChI is InChI=1S/C10H18N4S/c1-3-14-10(9(11)8(2)12-14)13-4-6-15-7-5-13/h3-7,11H2,1-2H3. The lowest BCUT2D eigenvalue weighted by Gasteiger charge is -2.29. The van der Waals surface area contributed by atoms with Crippen molar-refractivity contribution >= 4 is 23.3 Å². The number of thioether (sulfide) groups is 1. The summed E-state index contributed by atoms with van der Waals surface area (Å²) >= 11 is 2.01. The summed E-state index contributed by atoms with van der Waals surface area (Å²) in [6.45, 7) is 7.13. The van der Waals surface area contributed by atoms with Crippen molar-refractivity contribution < 1.29 is 0 Å². The van der Waals surface area contributed by atoms with Crippen molar-refractivity contribution in [2.24, 2.45) is 0 Å². The molecule has 2 N–H and O–H groups in total. The fraction of sp³-hybridized carbons (Fsp3) is 0.700. The van der Waals surface area contributed by atoms with Crippen molar-refractivity contribution in [2.75, 3.05) is 35.2 Å². The van der Waals surface area contributed by atoms with Gasteiger partial charge in [0.1, 0.15) is 0 Å². The molecule has 0 amide bonds.